The lowest BCUT2D eigenvalue weighted by molar-refractivity contribution is 0.515. The molecule has 0 amide bonds. The topological polar surface area (TPSA) is 0 Å². The van der Waals surface area contributed by atoms with Gasteiger partial charge in [0.05, 0.1) is 0 Å². The Labute approximate surface area is 145 Å². The van der Waals surface area contributed by atoms with E-state index in [-0.39, 0.29) is 5.30 Å². The first-order valence-corrected chi connectivity index (χ1v) is 8.88. The highest BCUT2D eigenvalue weighted by Gasteiger charge is 2.11. The Balaban J connectivity index is 2.00. The summed E-state index contributed by atoms with van der Waals surface area (Å²) in [5, 5.41) is 1.18. The van der Waals surface area contributed by atoms with E-state index in [1.165, 1.54) is 11.6 Å². The number of hydrogen-bond acceptors (Lipinski definition) is 0. The molecule has 0 heterocycles. The second kappa shape index (κ2) is 7.09. The molecule has 3 rings (SSSR count). The second-order valence-electron chi connectivity index (χ2n) is 5.71. The molecular formula is C20H18F2P2. The maximum absolute atomic E-state index is 13.7. The fourth-order valence-corrected chi connectivity index (χ4v) is 3.46. The van der Waals surface area contributed by atoms with Gasteiger partial charge in [0.1, 0.15) is 0 Å². The molecule has 3 aromatic rings. The van der Waals surface area contributed by atoms with Crippen molar-refractivity contribution >= 4 is 29.1 Å². The van der Waals surface area contributed by atoms with E-state index in [0.29, 0.717) is 5.56 Å². The van der Waals surface area contributed by atoms with Crippen LogP contribution in [0.3, 0.4) is 0 Å². The molecule has 0 saturated heterocycles. The van der Waals surface area contributed by atoms with Gasteiger partial charge in [-0.15, -0.1) is 18.5 Å². The van der Waals surface area contributed by atoms with Crippen molar-refractivity contribution in [3.8, 4) is 22.3 Å². The summed E-state index contributed by atoms with van der Waals surface area (Å²) < 4.78 is 27.2. The van der Waals surface area contributed by atoms with Crippen LogP contribution in [0, 0.1) is 11.6 Å². The van der Waals surface area contributed by atoms with Gasteiger partial charge in [-0.3, -0.25) is 0 Å². The van der Waals surface area contributed by atoms with Gasteiger partial charge in [-0.25, -0.2) is 8.78 Å². The SMILES string of the molecule is CCc1ccc(-c2ccc(-c3cc(F)c(F)c(P)c3)c(P)c2)cc1. The van der Waals surface area contributed by atoms with Gasteiger partial charge in [0.2, 0.25) is 0 Å². The molecule has 4 heteroatoms. The Morgan fingerprint density at radius 3 is 1.96 bits per heavy atom. The second-order valence-corrected chi connectivity index (χ2v) is 6.96. The Kier molecular flexibility index (Phi) is 5.09. The van der Waals surface area contributed by atoms with Crippen LogP contribution in [0.4, 0.5) is 8.78 Å². The molecule has 0 spiro atoms. The summed E-state index contributed by atoms with van der Waals surface area (Å²) in [7, 11) is 4.92. The van der Waals surface area contributed by atoms with Gasteiger partial charge in [-0.2, -0.15) is 0 Å². The maximum atomic E-state index is 13.7. The van der Waals surface area contributed by atoms with Gasteiger partial charge in [0.15, 0.2) is 11.6 Å². The molecule has 0 nitrogen and oxygen atoms in total. The molecule has 3 aromatic carbocycles. The van der Waals surface area contributed by atoms with Crippen LogP contribution >= 0.6 is 18.5 Å². The normalized spacial score (nSPS) is 10.9. The van der Waals surface area contributed by atoms with Gasteiger partial charge < -0.3 is 0 Å². The van der Waals surface area contributed by atoms with Gasteiger partial charge in [0.25, 0.3) is 0 Å². The van der Waals surface area contributed by atoms with Crippen LogP contribution in [0.25, 0.3) is 22.3 Å². The van der Waals surface area contributed by atoms with Crippen molar-refractivity contribution in [3.05, 3.63) is 71.8 Å². The molecule has 0 saturated carbocycles. The molecule has 24 heavy (non-hydrogen) atoms. The first kappa shape index (κ1) is 17.2. The van der Waals surface area contributed by atoms with Crippen LogP contribution < -0.4 is 10.6 Å². The van der Waals surface area contributed by atoms with Gasteiger partial charge in [-0.1, -0.05) is 43.3 Å². The molecule has 0 aromatic heterocycles. The predicted molar refractivity (Wildman–Crippen MR) is 105 cm³/mol. The molecule has 0 radical (unpaired) electrons. The van der Waals surface area contributed by atoms with Gasteiger partial charge in [0, 0.05) is 5.30 Å². The van der Waals surface area contributed by atoms with Crippen LogP contribution in [0.5, 0.6) is 0 Å². The van der Waals surface area contributed by atoms with Crippen molar-refractivity contribution < 1.29 is 8.78 Å². The number of aryl methyl sites for hydroxylation is 1. The smallest absolute Gasteiger partial charge is 0.165 e. The van der Waals surface area contributed by atoms with Crippen LogP contribution in [-0.2, 0) is 6.42 Å². The summed E-state index contributed by atoms with van der Waals surface area (Å²) >= 11 is 0. The highest BCUT2D eigenvalue weighted by Crippen LogP contribution is 2.26. The van der Waals surface area contributed by atoms with E-state index < -0.39 is 11.6 Å². The summed E-state index contributed by atoms with van der Waals surface area (Å²) in [6, 6.07) is 17.3. The zero-order valence-corrected chi connectivity index (χ0v) is 15.6. The molecule has 0 N–H and O–H groups in total. The summed E-state index contributed by atoms with van der Waals surface area (Å²) in [6.07, 6.45) is 1.02. The molecule has 0 aliphatic rings. The third-order valence-corrected chi connectivity index (χ3v) is 5.01. The minimum atomic E-state index is -0.832. The molecule has 0 aliphatic heterocycles. The summed E-state index contributed by atoms with van der Waals surface area (Å²) in [6.45, 7) is 2.13. The van der Waals surface area contributed by atoms with E-state index in [2.05, 4.69) is 49.7 Å². The van der Waals surface area contributed by atoms with Crippen molar-refractivity contribution in [2.45, 2.75) is 13.3 Å². The molecule has 122 valence electrons. The van der Waals surface area contributed by atoms with Gasteiger partial charge in [-0.05, 0) is 57.7 Å². The molecule has 0 fully saturated rings. The Morgan fingerprint density at radius 2 is 1.38 bits per heavy atom. The van der Waals surface area contributed by atoms with Crippen LogP contribution in [-0.4, -0.2) is 0 Å². The first-order valence-electron chi connectivity index (χ1n) is 7.73. The largest absolute Gasteiger partial charge is 0.204 e. The third-order valence-electron chi connectivity index (χ3n) is 4.11. The van der Waals surface area contributed by atoms with Gasteiger partial charge >= 0.3 is 0 Å². The summed E-state index contributed by atoms with van der Waals surface area (Å²) in [4.78, 5) is 0. The average Bonchev–Trinajstić information content (AvgIpc) is 2.59. The maximum Gasteiger partial charge on any atom is 0.165 e. The highest BCUT2D eigenvalue weighted by molar-refractivity contribution is 7.28. The van der Waals surface area contributed by atoms with E-state index in [1.807, 2.05) is 18.2 Å². The standard InChI is InChI=1S/C20H18F2P2/c1-2-12-3-5-13(6-4-12)14-7-8-16(18(23)10-14)15-9-17(21)20(22)19(24)11-15/h3-11H,2,23-24H2,1H3. The minimum Gasteiger partial charge on any atom is -0.204 e. The molecule has 2 atom stereocenters. The van der Waals surface area contributed by atoms with Crippen LogP contribution in [0.15, 0.2) is 54.6 Å². The summed E-state index contributed by atoms with van der Waals surface area (Å²) in [5.41, 5.74) is 5.07. The molecular weight excluding hydrogens is 340 g/mol. The number of rotatable bonds is 3. The number of halogens is 2. The van der Waals surface area contributed by atoms with Crippen LogP contribution in [0.1, 0.15) is 12.5 Å². The van der Waals surface area contributed by atoms with Crippen LogP contribution in [0.2, 0.25) is 0 Å². The quantitative estimate of drug-likeness (QED) is 0.587. The van der Waals surface area contributed by atoms with Crippen molar-refractivity contribution in [1.82, 2.24) is 0 Å². The highest BCUT2D eigenvalue weighted by atomic mass is 31.0. The predicted octanol–water partition coefficient (Wildman–Crippen LogP) is 4.86. The fourth-order valence-electron chi connectivity index (χ4n) is 2.70. The van der Waals surface area contributed by atoms with E-state index in [1.54, 1.807) is 6.07 Å². The van der Waals surface area contributed by atoms with Crippen molar-refractivity contribution in [2.75, 3.05) is 0 Å². The molecule has 2 unspecified atom stereocenters. The fraction of sp³-hybridized carbons (Fsp3) is 0.100. The van der Waals surface area contributed by atoms with Crippen molar-refractivity contribution in [3.63, 3.8) is 0 Å². The zero-order chi connectivity index (χ0) is 17.3. The monoisotopic (exact) mass is 358 g/mol. The lowest BCUT2D eigenvalue weighted by atomic mass is 9.99. The Morgan fingerprint density at radius 1 is 0.750 bits per heavy atom. The van der Waals surface area contributed by atoms with E-state index >= 15 is 0 Å². The van der Waals surface area contributed by atoms with Crippen molar-refractivity contribution in [2.24, 2.45) is 0 Å². The molecule has 0 aliphatic carbocycles. The Bertz CT molecular complexity index is 864. The lowest BCUT2D eigenvalue weighted by Crippen LogP contribution is -2.05. The zero-order valence-electron chi connectivity index (χ0n) is 13.3. The summed E-state index contributed by atoms with van der Waals surface area (Å²) in [5.74, 6) is -1.65. The van der Waals surface area contributed by atoms with E-state index in [4.69, 9.17) is 0 Å². The Hall–Kier alpha value is -1.62. The van der Waals surface area contributed by atoms with E-state index in [9.17, 15) is 8.78 Å². The third kappa shape index (κ3) is 3.41. The lowest BCUT2D eigenvalue weighted by Gasteiger charge is -2.11. The van der Waals surface area contributed by atoms with E-state index in [0.717, 1.165) is 28.4 Å². The number of benzene rings is 3. The molecule has 0 bridgehead atoms. The first-order chi connectivity index (χ1) is 11.5. The average molecular weight is 358 g/mol. The number of hydrogen-bond donors (Lipinski definition) is 0. The minimum absolute atomic E-state index is 0.230. The van der Waals surface area contributed by atoms with Crippen molar-refractivity contribution in [1.29, 1.82) is 0 Å².